The van der Waals surface area contributed by atoms with E-state index in [1.54, 1.807) is 12.1 Å². The van der Waals surface area contributed by atoms with Gasteiger partial charge in [-0.05, 0) is 50.5 Å². The van der Waals surface area contributed by atoms with Gasteiger partial charge < -0.3 is 25.4 Å². The summed E-state index contributed by atoms with van der Waals surface area (Å²) in [6.07, 6.45) is 0.625. The van der Waals surface area contributed by atoms with Crippen molar-refractivity contribution in [3.05, 3.63) is 63.1 Å². The van der Waals surface area contributed by atoms with Crippen LogP contribution in [0.15, 0.2) is 36.4 Å². The number of carbonyl (C=O) groups excluding carboxylic acids is 3. The van der Waals surface area contributed by atoms with Gasteiger partial charge in [0.25, 0.3) is 0 Å². The number of alkyl carbamates (subject to hydrolysis) is 1. The fourth-order valence-electron chi connectivity index (χ4n) is 3.96. The molecule has 0 fully saturated rings. The fourth-order valence-corrected chi connectivity index (χ4v) is 4.59. The molecule has 8 nitrogen and oxygen atoms in total. The van der Waals surface area contributed by atoms with Crippen molar-refractivity contribution in [1.29, 1.82) is 0 Å². The average Bonchev–Trinajstić information content (AvgIpc) is 2.77. The Kier molecular flexibility index (Phi) is 9.08. The third kappa shape index (κ3) is 7.77. The van der Waals surface area contributed by atoms with E-state index in [2.05, 4.69) is 16.0 Å². The second-order valence-electron chi connectivity index (χ2n) is 9.60. The molecule has 0 saturated carbocycles. The highest BCUT2D eigenvalue weighted by Crippen LogP contribution is 2.40. The van der Waals surface area contributed by atoms with Crippen LogP contribution in [-0.4, -0.2) is 43.3 Å². The minimum atomic E-state index is -0.643. The molecule has 2 atom stereocenters. The summed E-state index contributed by atoms with van der Waals surface area (Å²) in [5, 5.41) is 9.65. The molecule has 194 valence electrons. The Morgan fingerprint density at radius 1 is 1.08 bits per heavy atom. The summed E-state index contributed by atoms with van der Waals surface area (Å²) in [5.41, 5.74) is 2.58. The minimum absolute atomic E-state index is 0.157. The smallest absolute Gasteiger partial charge is 0.407 e. The topological polar surface area (TPSA) is 106 Å². The Labute approximate surface area is 221 Å². The molecule has 10 heteroatoms. The minimum Gasteiger partial charge on any atom is -0.467 e. The highest BCUT2D eigenvalue weighted by atomic mass is 35.5. The SMILES string of the molecule is COC(=O)[C@H]1C[C@H](NC(=O)Cc2ccc(CCNC(=O)OC(C)(C)C)cc2)c2c(Cl)cc(Cl)cc2N1. The summed E-state index contributed by atoms with van der Waals surface area (Å²) in [4.78, 5) is 36.8. The van der Waals surface area contributed by atoms with Gasteiger partial charge in [0, 0.05) is 34.3 Å². The first-order chi connectivity index (χ1) is 16.9. The van der Waals surface area contributed by atoms with E-state index >= 15 is 0 Å². The number of amides is 2. The number of carbonyl (C=O) groups is 3. The molecule has 1 heterocycles. The maximum atomic E-state index is 12.9. The van der Waals surface area contributed by atoms with Crippen molar-refractivity contribution >= 4 is 46.9 Å². The van der Waals surface area contributed by atoms with Crippen molar-refractivity contribution in [2.75, 3.05) is 19.0 Å². The van der Waals surface area contributed by atoms with Crippen LogP contribution in [0.5, 0.6) is 0 Å². The van der Waals surface area contributed by atoms with Crippen LogP contribution < -0.4 is 16.0 Å². The molecule has 3 rings (SSSR count). The van der Waals surface area contributed by atoms with Crippen LogP contribution in [0.1, 0.15) is 49.9 Å². The van der Waals surface area contributed by atoms with Gasteiger partial charge in [0.15, 0.2) is 0 Å². The lowest BCUT2D eigenvalue weighted by Crippen LogP contribution is -2.42. The Balaban J connectivity index is 1.59. The maximum absolute atomic E-state index is 12.9. The Morgan fingerprint density at radius 2 is 1.75 bits per heavy atom. The molecule has 0 aromatic heterocycles. The molecule has 0 aliphatic carbocycles. The fraction of sp³-hybridized carbons (Fsp3) is 0.423. The van der Waals surface area contributed by atoms with Gasteiger partial charge in [-0.1, -0.05) is 47.5 Å². The van der Waals surface area contributed by atoms with Gasteiger partial charge in [-0.15, -0.1) is 0 Å². The first kappa shape index (κ1) is 27.6. The molecule has 36 heavy (non-hydrogen) atoms. The van der Waals surface area contributed by atoms with Crippen LogP contribution in [0, 0.1) is 0 Å². The van der Waals surface area contributed by atoms with Gasteiger partial charge in [0.05, 0.1) is 19.6 Å². The Morgan fingerprint density at radius 3 is 2.39 bits per heavy atom. The number of methoxy groups -OCH3 is 1. The van der Waals surface area contributed by atoms with Gasteiger partial charge in [-0.2, -0.15) is 0 Å². The number of halogens is 2. The number of hydrogen-bond acceptors (Lipinski definition) is 6. The van der Waals surface area contributed by atoms with E-state index in [0.29, 0.717) is 34.3 Å². The number of rotatable bonds is 7. The number of esters is 1. The molecular weight excluding hydrogens is 505 g/mol. The number of hydrogen-bond donors (Lipinski definition) is 3. The molecule has 1 aliphatic rings. The lowest BCUT2D eigenvalue weighted by Gasteiger charge is -2.33. The lowest BCUT2D eigenvalue weighted by molar-refractivity contribution is -0.142. The number of benzene rings is 2. The molecule has 0 saturated heterocycles. The van der Waals surface area contributed by atoms with E-state index in [9.17, 15) is 14.4 Å². The van der Waals surface area contributed by atoms with Gasteiger partial charge in [-0.25, -0.2) is 9.59 Å². The van der Waals surface area contributed by atoms with E-state index < -0.39 is 29.7 Å². The van der Waals surface area contributed by atoms with Crippen molar-refractivity contribution < 1.29 is 23.9 Å². The second-order valence-corrected chi connectivity index (χ2v) is 10.4. The highest BCUT2D eigenvalue weighted by molar-refractivity contribution is 6.35. The Hall–Kier alpha value is -2.97. The van der Waals surface area contributed by atoms with E-state index in [-0.39, 0.29) is 18.7 Å². The first-order valence-electron chi connectivity index (χ1n) is 11.6. The molecule has 0 unspecified atom stereocenters. The zero-order valence-corrected chi connectivity index (χ0v) is 22.3. The van der Waals surface area contributed by atoms with Crippen LogP contribution in [-0.2, 0) is 31.9 Å². The summed E-state index contributed by atoms with van der Waals surface area (Å²) in [7, 11) is 1.31. The quantitative estimate of drug-likeness (QED) is 0.439. The summed E-state index contributed by atoms with van der Waals surface area (Å²) in [5.74, 6) is -0.644. The predicted octanol–water partition coefficient (Wildman–Crippen LogP) is 4.82. The Bertz CT molecular complexity index is 1120. The normalized spacial score (nSPS) is 16.8. The molecule has 0 spiro atoms. The van der Waals surface area contributed by atoms with Gasteiger partial charge in [0.2, 0.25) is 5.91 Å². The molecule has 2 amide bonds. The maximum Gasteiger partial charge on any atom is 0.407 e. The van der Waals surface area contributed by atoms with Gasteiger partial charge in [0.1, 0.15) is 11.6 Å². The van der Waals surface area contributed by atoms with E-state index in [4.69, 9.17) is 32.7 Å². The van der Waals surface area contributed by atoms with Crippen molar-refractivity contribution in [3.8, 4) is 0 Å². The van der Waals surface area contributed by atoms with Crippen LogP contribution in [0.25, 0.3) is 0 Å². The molecular formula is C26H31Cl2N3O5. The standard InChI is InChI=1S/C26H31Cl2N3O5/c1-26(2,3)36-25(34)29-10-9-15-5-7-16(8-6-15)11-22(32)31-20-14-21(24(33)35-4)30-19-13-17(27)12-18(28)23(19)20/h5-8,12-13,20-21,30H,9-11,14H2,1-4H3,(H,29,34)(H,31,32)/t20-,21+/m0/s1. The van der Waals surface area contributed by atoms with Crippen molar-refractivity contribution in [2.45, 2.75) is 57.7 Å². The molecule has 3 N–H and O–H groups in total. The summed E-state index contributed by atoms with van der Waals surface area (Å²) in [6, 6.07) is 9.75. The molecule has 0 bridgehead atoms. The highest BCUT2D eigenvalue weighted by Gasteiger charge is 2.34. The van der Waals surface area contributed by atoms with Crippen LogP contribution in [0.2, 0.25) is 10.0 Å². The monoisotopic (exact) mass is 535 g/mol. The first-order valence-corrected chi connectivity index (χ1v) is 12.4. The van der Waals surface area contributed by atoms with Crippen molar-refractivity contribution in [1.82, 2.24) is 10.6 Å². The largest absolute Gasteiger partial charge is 0.467 e. The predicted molar refractivity (Wildman–Crippen MR) is 139 cm³/mol. The average molecular weight is 536 g/mol. The third-order valence-corrected chi connectivity index (χ3v) is 6.07. The number of fused-ring (bicyclic) bond motifs is 1. The molecule has 2 aromatic carbocycles. The van der Waals surface area contributed by atoms with Crippen molar-refractivity contribution in [3.63, 3.8) is 0 Å². The van der Waals surface area contributed by atoms with Crippen LogP contribution in [0.3, 0.4) is 0 Å². The third-order valence-electron chi connectivity index (χ3n) is 5.53. The lowest BCUT2D eigenvalue weighted by atomic mass is 9.92. The van der Waals surface area contributed by atoms with Crippen LogP contribution in [0.4, 0.5) is 10.5 Å². The molecule has 0 radical (unpaired) electrons. The zero-order chi connectivity index (χ0) is 26.5. The zero-order valence-electron chi connectivity index (χ0n) is 20.7. The van der Waals surface area contributed by atoms with E-state index in [0.717, 1.165) is 11.1 Å². The summed E-state index contributed by atoms with van der Waals surface area (Å²) in [6.45, 7) is 5.88. The molecule has 1 aliphatic heterocycles. The molecule has 2 aromatic rings. The number of ether oxygens (including phenoxy) is 2. The summed E-state index contributed by atoms with van der Waals surface area (Å²) < 4.78 is 10.1. The summed E-state index contributed by atoms with van der Waals surface area (Å²) >= 11 is 12.6. The van der Waals surface area contributed by atoms with Gasteiger partial charge >= 0.3 is 12.1 Å². The van der Waals surface area contributed by atoms with Crippen LogP contribution >= 0.6 is 23.2 Å². The number of nitrogens with one attached hydrogen (secondary N) is 3. The van der Waals surface area contributed by atoms with E-state index in [1.165, 1.54) is 7.11 Å². The number of anilines is 1. The van der Waals surface area contributed by atoms with Gasteiger partial charge in [-0.3, -0.25) is 4.79 Å². The van der Waals surface area contributed by atoms with E-state index in [1.807, 2.05) is 45.0 Å². The second kappa shape index (κ2) is 11.8. The van der Waals surface area contributed by atoms with Crippen molar-refractivity contribution in [2.24, 2.45) is 0 Å².